The third-order valence-corrected chi connectivity index (χ3v) is 2.95. The Bertz CT molecular complexity index is 363. The van der Waals surface area contributed by atoms with E-state index in [1.54, 1.807) is 6.26 Å². The van der Waals surface area contributed by atoms with Gasteiger partial charge in [0.05, 0.1) is 6.26 Å². The Balaban J connectivity index is 1.92. The van der Waals surface area contributed by atoms with Crippen molar-refractivity contribution >= 4 is 17.3 Å². The van der Waals surface area contributed by atoms with E-state index >= 15 is 0 Å². The summed E-state index contributed by atoms with van der Waals surface area (Å²) < 4.78 is 5.34. The number of nitrogens with zero attached hydrogens (tertiary/aromatic N) is 1. The molecule has 1 atom stereocenters. The van der Waals surface area contributed by atoms with Crippen molar-refractivity contribution in [3.8, 4) is 0 Å². The van der Waals surface area contributed by atoms with Gasteiger partial charge in [0.1, 0.15) is 6.54 Å². The highest BCUT2D eigenvalue weighted by Crippen LogP contribution is 1.97. The van der Waals surface area contributed by atoms with Gasteiger partial charge >= 0.3 is 0 Å². The molecule has 4 nitrogen and oxygen atoms in total. The normalized spacial score (nSPS) is 20.6. The van der Waals surface area contributed by atoms with Crippen LogP contribution in [0.4, 0.5) is 0 Å². The lowest BCUT2D eigenvalue weighted by molar-refractivity contribution is -0.928. The SMILES string of the molecule is C=CCN1C[NH+](Cc2ccco2)CNC1=S. The maximum absolute atomic E-state index is 5.34. The van der Waals surface area contributed by atoms with Crippen LogP contribution in [0, 0.1) is 0 Å². The second-order valence-electron chi connectivity index (χ2n) is 3.83. The molecule has 0 radical (unpaired) electrons. The van der Waals surface area contributed by atoms with Crippen LogP contribution in [-0.2, 0) is 6.54 Å². The quantitative estimate of drug-likeness (QED) is 0.569. The van der Waals surface area contributed by atoms with Crippen molar-refractivity contribution in [1.29, 1.82) is 0 Å². The van der Waals surface area contributed by atoms with Gasteiger partial charge in [0.2, 0.25) is 0 Å². The Kier molecular flexibility index (Phi) is 3.58. The van der Waals surface area contributed by atoms with Gasteiger partial charge in [0, 0.05) is 6.54 Å². The van der Waals surface area contributed by atoms with Gasteiger partial charge in [0.25, 0.3) is 0 Å². The van der Waals surface area contributed by atoms with E-state index < -0.39 is 0 Å². The van der Waals surface area contributed by atoms with E-state index in [9.17, 15) is 0 Å². The number of hydrogen-bond acceptors (Lipinski definition) is 2. The Morgan fingerprint density at radius 3 is 3.25 bits per heavy atom. The zero-order valence-electron chi connectivity index (χ0n) is 9.11. The van der Waals surface area contributed by atoms with E-state index in [-0.39, 0.29) is 0 Å². The van der Waals surface area contributed by atoms with E-state index in [0.29, 0.717) is 0 Å². The van der Waals surface area contributed by atoms with Crippen molar-refractivity contribution in [2.45, 2.75) is 6.54 Å². The molecule has 0 aromatic carbocycles. The highest BCUT2D eigenvalue weighted by Gasteiger charge is 2.22. The third-order valence-electron chi connectivity index (χ3n) is 2.55. The predicted octanol–water partition coefficient (Wildman–Crippen LogP) is -0.0444. The molecular weight excluding hydrogens is 222 g/mol. The summed E-state index contributed by atoms with van der Waals surface area (Å²) in [5.74, 6) is 1.00. The summed E-state index contributed by atoms with van der Waals surface area (Å²) in [4.78, 5) is 3.48. The molecule has 0 spiro atoms. The first kappa shape index (κ1) is 11.2. The third kappa shape index (κ3) is 2.62. The number of furan rings is 1. The van der Waals surface area contributed by atoms with Crippen LogP contribution >= 0.6 is 12.2 Å². The Morgan fingerprint density at radius 1 is 1.69 bits per heavy atom. The number of quaternary nitrogens is 1. The standard InChI is InChI=1S/C11H15N3OS/c1-2-5-14-9-13(8-12-11(14)16)7-10-4-3-6-15-10/h2-4,6H,1,5,7-9H2,(H,12,16)/p+1. The summed E-state index contributed by atoms with van der Waals surface area (Å²) in [7, 11) is 0. The van der Waals surface area contributed by atoms with Crippen LogP contribution in [0.25, 0.3) is 0 Å². The van der Waals surface area contributed by atoms with Crippen molar-refractivity contribution in [3.05, 3.63) is 36.8 Å². The van der Waals surface area contributed by atoms with Crippen LogP contribution < -0.4 is 10.2 Å². The van der Waals surface area contributed by atoms with Crippen molar-refractivity contribution in [2.75, 3.05) is 19.9 Å². The van der Waals surface area contributed by atoms with Gasteiger partial charge in [-0.15, -0.1) is 6.58 Å². The van der Waals surface area contributed by atoms with Crippen molar-refractivity contribution in [1.82, 2.24) is 10.2 Å². The zero-order chi connectivity index (χ0) is 11.4. The summed E-state index contributed by atoms with van der Waals surface area (Å²) in [6.45, 7) is 7.12. The second-order valence-corrected chi connectivity index (χ2v) is 4.22. The molecule has 0 bridgehead atoms. The molecule has 1 aromatic rings. The van der Waals surface area contributed by atoms with E-state index in [4.69, 9.17) is 16.6 Å². The molecule has 1 aromatic heterocycles. The molecule has 1 aliphatic rings. The summed E-state index contributed by atoms with van der Waals surface area (Å²) >= 11 is 5.22. The molecule has 2 rings (SSSR count). The Labute approximate surface area is 101 Å². The molecule has 0 amide bonds. The van der Waals surface area contributed by atoms with E-state index in [2.05, 4.69) is 16.8 Å². The molecule has 0 aliphatic carbocycles. The first-order chi connectivity index (χ1) is 7.79. The van der Waals surface area contributed by atoms with Gasteiger partial charge < -0.3 is 9.73 Å². The topological polar surface area (TPSA) is 32.9 Å². The molecule has 16 heavy (non-hydrogen) atoms. The molecule has 5 heteroatoms. The first-order valence-corrected chi connectivity index (χ1v) is 5.70. The maximum atomic E-state index is 5.34. The van der Waals surface area contributed by atoms with Crippen LogP contribution in [0.2, 0.25) is 0 Å². The molecular formula is C11H16N3OS+. The van der Waals surface area contributed by atoms with Gasteiger partial charge in [-0.25, -0.2) is 0 Å². The fourth-order valence-corrected chi connectivity index (χ4v) is 2.00. The molecule has 2 heterocycles. The van der Waals surface area contributed by atoms with Gasteiger partial charge in [0.15, 0.2) is 24.2 Å². The van der Waals surface area contributed by atoms with Crippen LogP contribution in [0.3, 0.4) is 0 Å². The van der Waals surface area contributed by atoms with Gasteiger partial charge in [-0.1, -0.05) is 6.08 Å². The van der Waals surface area contributed by atoms with E-state index in [1.807, 2.05) is 18.2 Å². The fourth-order valence-electron chi connectivity index (χ4n) is 1.79. The maximum Gasteiger partial charge on any atom is 0.177 e. The lowest BCUT2D eigenvalue weighted by atomic mass is 10.4. The molecule has 1 aliphatic heterocycles. The molecule has 2 N–H and O–H groups in total. The minimum atomic E-state index is 0.785. The average Bonchev–Trinajstić information content (AvgIpc) is 2.76. The molecule has 1 unspecified atom stereocenters. The zero-order valence-corrected chi connectivity index (χ0v) is 9.93. The Hall–Kier alpha value is -1.33. The van der Waals surface area contributed by atoms with Gasteiger partial charge in [-0.05, 0) is 24.4 Å². The largest absolute Gasteiger partial charge is 0.463 e. The van der Waals surface area contributed by atoms with Crippen LogP contribution in [0.1, 0.15) is 5.76 Å². The lowest BCUT2D eigenvalue weighted by Gasteiger charge is -2.34. The molecule has 1 fully saturated rings. The van der Waals surface area contributed by atoms with Gasteiger partial charge in [-0.2, -0.15) is 0 Å². The van der Waals surface area contributed by atoms with Crippen molar-refractivity contribution in [2.24, 2.45) is 0 Å². The summed E-state index contributed by atoms with van der Waals surface area (Å²) in [5, 5.41) is 4.02. The van der Waals surface area contributed by atoms with Crippen molar-refractivity contribution < 1.29 is 9.32 Å². The molecule has 86 valence electrons. The number of thiocarbonyl (C=S) groups is 1. The summed E-state index contributed by atoms with van der Waals surface area (Å²) in [6.07, 6.45) is 3.57. The number of nitrogens with one attached hydrogen (secondary N) is 2. The smallest absolute Gasteiger partial charge is 0.177 e. The van der Waals surface area contributed by atoms with Crippen LogP contribution in [-0.4, -0.2) is 29.9 Å². The van der Waals surface area contributed by atoms with E-state index in [0.717, 1.165) is 37.3 Å². The summed E-state index contributed by atoms with van der Waals surface area (Å²) in [6, 6.07) is 3.91. The molecule has 1 saturated heterocycles. The van der Waals surface area contributed by atoms with Crippen molar-refractivity contribution in [3.63, 3.8) is 0 Å². The highest BCUT2D eigenvalue weighted by molar-refractivity contribution is 7.80. The Morgan fingerprint density at radius 2 is 2.56 bits per heavy atom. The monoisotopic (exact) mass is 238 g/mol. The van der Waals surface area contributed by atoms with Crippen LogP contribution in [0.5, 0.6) is 0 Å². The minimum absolute atomic E-state index is 0.785. The average molecular weight is 238 g/mol. The minimum Gasteiger partial charge on any atom is -0.463 e. The number of hydrogen-bond donors (Lipinski definition) is 2. The van der Waals surface area contributed by atoms with E-state index in [1.165, 1.54) is 4.90 Å². The highest BCUT2D eigenvalue weighted by atomic mass is 32.1. The molecule has 0 saturated carbocycles. The first-order valence-electron chi connectivity index (χ1n) is 5.29. The lowest BCUT2D eigenvalue weighted by Crippen LogP contribution is -3.16. The van der Waals surface area contributed by atoms with Crippen LogP contribution in [0.15, 0.2) is 35.5 Å². The predicted molar refractivity (Wildman–Crippen MR) is 65.7 cm³/mol. The van der Waals surface area contributed by atoms with Gasteiger partial charge in [-0.3, -0.25) is 9.80 Å². The summed E-state index contributed by atoms with van der Waals surface area (Å²) in [5.41, 5.74) is 0. The number of rotatable bonds is 4. The fraction of sp³-hybridized carbons (Fsp3) is 0.364. The second kappa shape index (κ2) is 5.14.